The summed E-state index contributed by atoms with van der Waals surface area (Å²) in [6, 6.07) is 22.9. The lowest BCUT2D eigenvalue weighted by atomic mass is 10.1. The first-order valence-electron chi connectivity index (χ1n) is 11.6. The van der Waals surface area contributed by atoms with Gasteiger partial charge in [0.2, 0.25) is 11.8 Å². The molecular formula is C27H31N3O5S. The minimum atomic E-state index is -4.11. The molecule has 0 bridgehead atoms. The molecule has 2 amide bonds. The Labute approximate surface area is 212 Å². The second-order valence-corrected chi connectivity index (χ2v) is 9.97. The third-order valence-electron chi connectivity index (χ3n) is 5.67. The molecule has 0 heterocycles. The highest BCUT2D eigenvalue weighted by Gasteiger charge is 2.32. The highest BCUT2D eigenvalue weighted by atomic mass is 32.2. The van der Waals surface area contributed by atoms with Crippen molar-refractivity contribution in [1.29, 1.82) is 0 Å². The van der Waals surface area contributed by atoms with Crippen molar-refractivity contribution in [3.8, 4) is 5.75 Å². The maximum absolute atomic E-state index is 13.7. The smallest absolute Gasteiger partial charge is 0.264 e. The van der Waals surface area contributed by atoms with E-state index < -0.39 is 28.5 Å². The lowest BCUT2D eigenvalue weighted by molar-refractivity contribution is -0.139. The summed E-state index contributed by atoms with van der Waals surface area (Å²) in [5, 5.41) is 2.74. The Morgan fingerprint density at radius 2 is 1.58 bits per heavy atom. The van der Waals surface area contributed by atoms with Gasteiger partial charge in [-0.3, -0.25) is 13.9 Å². The van der Waals surface area contributed by atoms with E-state index in [0.717, 1.165) is 9.87 Å². The van der Waals surface area contributed by atoms with Crippen LogP contribution < -0.4 is 14.4 Å². The van der Waals surface area contributed by atoms with E-state index in [4.69, 9.17) is 4.74 Å². The van der Waals surface area contributed by atoms with Crippen LogP contribution in [0.4, 0.5) is 5.69 Å². The number of amides is 2. The van der Waals surface area contributed by atoms with Gasteiger partial charge in [-0.1, -0.05) is 54.6 Å². The van der Waals surface area contributed by atoms with Crippen LogP contribution in [0.3, 0.4) is 0 Å². The maximum Gasteiger partial charge on any atom is 0.264 e. The Bertz CT molecular complexity index is 1270. The molecular weight excluding hydrogens is 478 g/mol. The average Bonchev–Trinajstić information content (AvgIpc) is 2.91. The van der Waals surface area contributed by atoms with E-state index >= 15 is 0 Å². The minimum Gasteiger partial charge on any atom is -0.497 e. The molecule has 0 saturated heterocycles. The van der Waals surface area contributed by atoms with E-state index in [-0.39, 0.29) is 23.0 Å². The van der Waals surface area contributed by atoms with Gasteiger partial charge in [-0.2, -0.15) is 0 Å². The number of methoxy groups -OCH3 is 1. The minimum absolute atomic E-state index is 0.0482. The van der Waals surface area contributed by atoms with Crippen LogP contribution in [0.1, 0.15) is 19.4 Å². The van der Waals surface area contributed by atoms with Crippen molar-refractivity contribution in [3.63, 3.8) is 0 Å². The Morgan fingerprint density at radius 1 is 0.944 bits per heavy atom. The van der Waals surface area contributed by atoms with Crippen LogP contribution >= 0.6 is 0 Å². The number of ether oxygens (including phenoxy) is 1. The Balaban J connectivity index is 2.02. The van der Waals surface area contributed by atoms with Crippen LogP contribution in [0.25, 0.3) is 0 Å². The number of sulfonamides is 1. The fourth-order valence-corrected chi connectivity index (χ4v) is 5.13. The summed E-state index contributed by atoms with van der Waals surface area (Å²) in [6.07, 6.45) is 0. The molecule has 0 fully saturated rings. The number of carbonyl (C=O) groups excluding carboxylic acids is 2. The van der Waals surface area contributed by atoms with Gasteiger partial charge in [-0.15, -0.1) is 0 Å². The normalized spacial score (nSPS) is 11.9. The third kappa shape index (κ3) is 6.42. The molecule has 3 aromatic rings. The quantitative estimate of drug-likeness (QED) is 0.427. The summed E-state index contributed by atoms with van der Waals surface area (Å²) in [5.41, 5.74) is 1.10. The molecule has 0 spiro atoms. The van der Waals surface area contributed by atoms with Gasteiger partial charge < -0.3 is 15.0 Å². The van der Waals surface area contributed by atoms with Gasteiger partial charge in [0.05, 0.1) is 17.7 Å². The number of anilines is 1. The number of likely N-dealkylation sites (N-methyl/N-ethyl adjacent to an activating group) is 1. The van der Waals surface area contributed by atoms with Crippen LogP contribution in [0, 0.1) is 0 Å². The van der Waals surface area contributed by atoms with Crippen LogP contribution in [0.5, 0.6) is 5.75 Å². The fraction of sp³-hybridized carbons (Fsp3) is 0.259. The van der Waals surface area contributed by atoms with Gasteiger partial charge in [-0.05, 0) is 43.7 Å². The number of carbonyl (C=O) groups is 2. The molecule has 36 heavy (non-hydrogen) atoms. The SMILES string of the molecule is CCNC(=O)[C@@H](C)N(Cc1ccccc1)C(=O)CN(c1cccc(OC)c1)S(=O)(=O)c1ccccc1. The van der Waals surface area contributed by atoms with Crippen molar-refractivity contribution in [2.45, 2.75) is 31.3 Å². The van der Waals surface area contributed by atoms with Gasteiger partial charge in [0.1, 0.15) is 18.3 Å². The van der Waals surface area contributed by atoms with Crippen molar-refractivity contribution in [1.82, 2.24) is 10.2 Å². The molecule has 0 saturated carbocycles. The first kappa shape index (κ1) is 26.7. The van der Waals surface area contributed by atoms with Crippen LogP contribution in [-0.2, 0) is 26.2 Å². The Hall–Kier alpha value is -3.85. The lowest BCUT2D eigenvalue weighted by Gasteiger charge is -2.32. The predicted molar refractivity (Wildman–Crippen MR) is 139 cm³/mol. The van der Waals surface area contributed by atoms with E-state index in [9.17, 15) is 18.0 Å². The first-order valence-corrected chi connectivity index (χ1v) is 13.0. The summed E-state index contributed by atoms with van der Waals surface area (Å²) in [7, 11) is -2.62. The van der Waals surface area contributed by atoms with Gasteiger partial charge in [0, 0.05) is 19.2 Å². The molecule has 1 N–H and O–H groups in total. The molecule has 8 nitrogen and oxygen atoms in total. The maximum atomic E-state index is 13.7. The number of rotatable bonds is 11. The highest BCUT2D eigenvalue weighted by Crippen LogP contribution is 2.27. The molecule has 0 radical (unpaired) electrons. The van der Waals surface area contributed by atoms with Crippen molar-refractivity contribution in [3.05, 3.63) is 90.5 Å². The fourth-order valence-electron chi connectivity index (χ4n) is 3.70. The van der Waals surface area contributed by atoms with E-state index in [1.807, 2.05) is 30.3 Å². The van der Waals surface area contributed by atoms with Crippen LogP contribution in [0.15, 0.2) is 89.8 Å². The molecule has 3 rings (SSSR count). The zero-order chi connectivity index (χ0) is 26.1. The van der Waals surface area contributed by atoms with Gasteiger partial charge in [0.15, 0.2) is 0 Å². The summed E-state index contributed by atoms with van der Waals surface area (Å²) in [6.45, 7) is 3.49. The number of hydrogen-bond acceptors (Lipinski definition) is 5. The second-order valence-electron chi connectivity index (χ2n) is 8.10. The van der Waals surface area contributed by atoms with Crippen LogP contribution in [0.2, 0.25) is 0 Å². The van der Waals surface area contributed by atoms with E-state index in [1.165, 1.54) is 24.1 Å². The molecule has 0 aliphatic rings. The molecule has 0 aliphatic carbocycles. The molecule has 0 unspecified atom stereocenters. The summed E-state index contributed by atoms with van der Waals surface area (Å²) >= 11 is 0. The lowest BCUT2D eigenvalue weighted by Crippen LogP contribution is -2.51. The topological polar surface area (TPSA) is 96.0 Å². The van der Waals surface area contributed by atoms with Gasteiger partial charge in [0.25, 0.3) is 10.0 Å². The summed E-state index contributed by atoms with van der Waals surface area (Å²) in [4.78, 5) is 27.9. The number of benzene rings is 3. The zero-order valence-electron chi connectivity index (χ0n) is 20.6. The highest BCUT2D eigenvalue weighted by molar-refractivity contribution is 7.92. The first-order chi connectivity index (χ1) is 17.3. The number of nitrogens with zero attached hydrogens (tertiary/aromatic N) is 2. The number of nitrogens with one attached hydrogen (secondary N) is 1. The van der Waals surface area contributed by atoms with Crippen molar-refractivity contribution in [2.24, 2.45) is 0 Å². The van der Waals surface area contributed by atoms with Crippen molar-refractivity contribution in [2.75, 3.05) is 24.5 Å². The molecule has 1 atom stereocenters. The van der Waals surface area contributed by atoms with Gasteiger partial charge >= 0.3 is 0 Å². The predicted octanol–water partition coefficient (Wildman–Crippen LogP) is 3.44. The van der Waals surface area contributed by atoms with E-state index in [2.05, 4.69) is 5.32 Å². The van der Waals surface area contributed by atoms with Crippen LogP contribution in [-0.4, -0.2) is 51.4 Å². The second kappa shape index (κ2) is 12.2. The standard InChI is InChI=1S/C27H31N3O5S/c1-4-28-27(32)21(2)29(19-22-12-7-5-8-13-22)26(31)20-30(23-14-11-15-24(18-23)35-3)36(33,34)25-16-9-6-10-17-25/h5-18,21H,4,19-20H2,1-3H3,(H,28,32)/t21-/m1/s1. The third-order valence-corrected chi connectivity index (χ3v) is 7.45. The molecule has 0 aliphatic heterocycles. The Morgan fingerprint density at radius 3 is 2.19 bits per heavy atom. The number of hydrogen-bond donors (Lipinski definition) is 1. The largest absolute Gasteiger partial charge is 0.497 e. The monoisotopic (exact) mass is 509 g/mol. The van der Waals surface area contributed by atoms with Crippen molar-refractivity contribution < 1.29 is 22.7 Å². The average molecular weight is 510 g/mol. The summed E-state index contributed by atoms with van der Waals surface area (Å²) < 4.78 is 33.7. The summed E-state index contributed by atoms with van der Waals surface area (Å²) in [5.74, 6) is -0.384. The molecule has 190 valence electrons. The van der Waals surface area contributed by atoms with Gasteiger partial charge in [-0.25, -0.2) is 8.42 Å². The van der Waals surface area contributed by atoms with E-state index in [0.29, 0.717) is 12.3 Å². The van der Waals surface area contributed by atoms with Crippen molar-refractivity contribution >= 4 is 27.5 Å². The molecule has 0 aromatic heterocycles. The zero-order valence-corrected chi connectivity index (χ0v) is 21.4. The molecule has 9 heteroatoms. The van der Waals surface area contributed by atoms with E-state index in [1.54, 1.807) is 56.3 Å². The molecule has 3 aromatic carbocycles. The Kier molecular flexibility index (Phi) is 9.08.